The lowest BCUT2D eigenvalue weighted by atomic mass is 9.88. The molecule has 1 N–H and O–H groups in total. The maximum absolute atomic E-state index is 14.6. The Balaban J connectivity index is 1.55. The van der Waals surface area contributed by atoms with Gasteiger partial charge in [0.25, 0.3) is 0 Å². The summed E-state index contributed by atoms with van der Waals surface area (Å²) in [7, 11) is 0. The molecule has 4 rings (SSSR count). The van der Waals surface area contributed by atoms with Crippen molar-refractivity contribution in [3.8, 4) is 11.3 Å². The number of hydrogen-bond donors (Lipinski definition) is 1. The molecule has 0 radical (unpaired) electrons. The molecule has 0 bridgehead atoms. The third-order valence-corrected chi connectivity index (χ3v) is 5.42. The zero-order valence-corrected chi connectivity index (χ0v) is 18.0. The largest absolute Gasteiger partial charge is 0.380 e. The number of ether oxygens (including phenoxy) is 1. The normalized spacial score (nSPS) is 14.2. The maximum atomic E-state index is 14.6. The zero-order chi connectivity index (χ0) is 23.6. The van der Waals surface area contributed by atoms with Crippen LogP contribution in [0.25, 0.3) is 11.3 Å². The van der Waals surface area contributed by atoms with E-state index >= 15 is 0 Å². The van der Waals surface area contributed by atoms with E-state index in [4.69, 9.17) is 20.9 Å². The quantitative estimate of drug-likeness (QED) is 0.401. The van der Waals surface area contributed by atoms with E-state index in [9.17, 15) is 18.3 Å². The Morgan fingerprint density at radius 2 is 1.97 bits per heavy atom. The smallest absolute Gasteiger partial charge is 0.163 e. The molecule has 11 heteroatoms. The first-order valence-electron chi connectivity index (χ1n) is 9.79. The molecule has 2 heterocycles. The third-order valence-electron chi connectivity index (χ3n) is 5.18. The van der Waals surface area contributed by atoms with Crippen molar-refractivity contribution in [1.82, 2.24) is 19.9 Å². The molecule has 0 aliphatic carbocycles. The molecule has 1 unspecified atom stereocenters. The number of halogens is 4. The van der Waals surface area contributed by atoms with E-state index in [0.29, 0.717) is 6.07 Å². The minimum Gasteiger partial charge on any atom is -0.380 e. The SMILES string of the molecule is C[C@@H](OCc1cc(-c2ccc(Cl)cc2F)no1)C(O)(Cn1cncn1)c1ccc(F)cc1F. The summed E-state index contributed by atoms with van der Waals surface area (Å²) >= 11 is 5.77. The first-order chi connectivity index (χ1) is 15.8. The van der Waals surface area contributed by atoms with Crippen molar-refractivity contribution in [2.75, 3.05) is 0 Å². The molecule has 4 aromatic rings. The van der Waals surface area contributed by atoms with Gasteiger partial charge in [0, 0.05) is 28.3 Å². The molecule has 2 atom stereocenters. The Morgan fingerprint density at radius 1 is 1.15 bits per heavy atom. The highest BCUT2D eigenvalue weighted by atomic mass is 35.5. The van der Waals surface area contributed by atoms with Crippen LogP contribution in [0.1, 0.15) is 18.2 Å². The monoisotopic (exact) mass is 478 g/mol. The number of nitrogens with zero attached hydrogens (tertiary/aromatic N) is 4. The second kappa shape index (κ2) is 9.34. The van der Waals surface area contributed by atoms with Gasteiger partial charge >= 0.3 is 0 Å². The van der Waals surface area contributed by atoms with E-state index < -0.39 is 29.2 Å². The van der Waals surface area contributed by atoms with Crippen LogP contribution in [0.5, 0.6) is 0 Å². The number of hydrogen-bond acceptors (Lipinski definition) is 6. The summed E-state index contributed by atoms with van der Waals surface area (Å²) in [6.45, 7) is 1.15. The molecule has 0 saturated carbocycles. The predicted octanol–water partition coefficient (Wildman–Crippen LogP) is 4.50. The average Bonchev–Trinajstić information content (AvgIpc) is 3.44. The fraction of sp³-hybridized carbons (Fsp3) is 0.227. The maximum Gasteiger partial charge on any atom is 0.163 e. The highest BCUT2D eigenvalue weighted by Crippen LogP contribution is 2.32. The number of aromatic nitrogens is 4. The second-order valence-electron chi connectivity index (χ2n) is 7.40. The highest BCUT2D eigenvalue weighted by Gasteiger charge is 2.40. The van der Waals surface area contributed by atoms with Crippen LogP contribution in [0, 0.1) is 17.5 Å². The van der Waals surface area contributed by atoms with Crippen LogP contribution in [-0.2, 0) is 23.5 Å². The van der Waals surface area contributed by atoms with Gasteiger partial charge in [-0.05, 0) is 31.2 Å². The molecule has 172 valence electrons. The van der Waals surface area contributed by atoms with Crippen molar-refractivity contribution in [3.63, 3.8) is 0 Å². The van der Waals surface area contributed by atoms with Crippen molar-refractivity contribution in [1.29, 1.82) is 0 Å². The van der Waals surface area contributed by atoms with Gasteiger partial charge in [-0.3, -0.25) is 0 Å². The Labute approximate surface area is 191 Å². The average molecular weight is 479 g/mol. The van der Waals surface area contributed by atoms with Crippen LogP contribution >= 0.6 is 11.6 Å². The summed E-state index contributed by atoms with van der Waals surface area (Å²) in [5, 5.41) is 19.5. The number of rotatable bonds is 8. The van der Waals surface area contributed by atoms with Crippen molar-refractivity contribution < 1.29 is 27.5 Å². The minimum absolute atomic E-state index is 0.161. The number of aliphatic hydroxyl groups is 1. The molecular weight excluding hydrogens is 461 g/mol. The van der Waals surface area contributed by atoms with Crippen LogP contribution < -0.4 is 0 Å². The van der Waals surface area contributed by atoms with E-state index in [1.165, 1.54) is 42.5 Å². The molecule has 2 aromatic carbocycles. The van der Waals surface area contributed by atoms with Gasteiger partial charge in [0.15, 0.2) is 5.76 Å². The van der Waals surface area contributed by atoms with Crippen molar-refractivity contribution in [3.05, 3.63) is 88.9 Å². The zero-order valence-electron chi connectivity index (χ0n) is 17.3. The molecule has 0 aliphatic heterocycles. The van der Waals surface area contributed by atoms with E-state index in [2.05, 4.69) is 15.2 Å². The first-order valence-corrected chi connectivity index (χ1v) is 10.2. The third kappa shape index (κ3) is 4.92. The summed E-state index contributed by atoms with van der Waals surface area (Å²) in [5.41, 5.74) is -1.68. The lowest BCUT2D eigenvalue weighted by Gasteiger charge is -2.34. The molecule has 0 fully saturated rings. The van der Waals surface area contributed by atoms with Crippen molar-refractivity contribution in [2.45, 2.75) is 31.8 Å². The Bertz CT molecular complexity index is 1250. The second-order valence-corrected chi connectivity index (χ2v) is 7.83. The predicted molar refractivity (Wildman–Crippen MR) is 111 cm³/mol. The van der Waals surface area contributed by atoms with Gasteiger partial charge in [0.1, 0.15) is 48.0 Å². The van der Waals surface area contributed by atoms with Crippen LogP contribution in [0.15, 0.2) is 59.6 Å². The highest BCUT2D eigenvalue weighted by molar-refractivity contribution is 6.30. The Kier molecular flexibility index (Phi) is 6.50. The summed E-state index contributed by atoms with van der Waals surface area (Å²) in [6, 6.07) is 8.50. The topological polar surface area (TPSA) is 86.2 Å². The van der Waals surface area contributed by atoms with Gasteiger partial charge in [-0.15, -0.1) is 0 Å². The Morgan fingerprint density at radius 3 is 2.67 bits per heavy atom. The van der Waals surface area contributed by atoms with Gasteiger partial charge in [-0.1, -0.05) is 22.8 Å². The van der Waals surface area contributed by atoms with Gasteiger partial charge in [-0.25, -0.2) is 22.8 Å². The van der Waals surface area contributed by atoms with E-state index in [-0.39, 0.29) is 40.8 Å². The molecule has 33 heavy (non-hydrogen) atoms. The van der Waals surface area contributed by atoms with Crippen LogP contribution in [0.3, 0.4) is 0 Å². The van der Waals surface area contributed by atoms with Crippen molar-refractivity contribution in [2.24, 2.45) is 0 Å². The minimum atomic E-state index is -1.93. The van der Waals surface area contributed by atoms with Gasteiger partial charge in [0.05, 0.1) is 12.6 Å². The first kappa shape index (κ1) is 23.0. The fourth-order valence-electron chi connectivity index (χ4n) is 3.38. The molecule has 0 aliphatic rings. The summed E-state index contributed by atoms with van der Waals surface area (Å²) in [6.07, 6.45) is 1.60. The molecule has 0 amide bonds. The standard InChI is InChI=1S/C22H18ClF3N4O3/c1-13(32-9-16-8-21(29-33-16)17-4-2-14(23)6-19(17)25)22(31,10-30-12-27-11-28-30)18-5-3-15(24)7-20(18)26/h2-8,11-13,31H,9-10H2,1H3/t13-,22?/m1/s1. The number of benzene rings is 2. The lowest BCUT2D eigenvalue weighted by molar-refractivity contribution is -0.126. The van der Waals surface area contributed by atoms with Crippen LogP contribution in [0.4, 0.5) is 13.2 Å². The van der Waals surface area contributed by atoms with E-state index in [0.717, 1.165) is 18.2 Å². The molecule has 0 saturated heterocycles. The lowest BCUT2D eigenvalue weighted by Crippen LogP contribution is -2.44. The van der Waals surface area contributed by atoms with Gasteiger partial charge in [-0.2, -0.15) is 5.10 Å². The van der Waals surface area contributed by atoms with Crippen LogP contribution in [-0.4, -0.2) is 31.1 Å². The molecule has 0 spiro atoms. The van der Waals surface area contributed by atoms with Crippen molar-refractivity contribution >= 4 is 11.6 Å². The summed E-state index contributed by atoms with van der Waals surface area (Å²) in [5.74, 6) is -2.04. The van der Waals surface area contributed by atoms with Gasteiger partial charge in [0.2, 0.25) is 0 Å². The van der Waals surface area contributed by atoms with Crippen LogP contribution in [0.2, 0.25) is 5.02 Å². The molecule has 2 aromatic heterocycles. The summed E-state index contributed by atoms with van der Waals surface area (Å²) < 4.78 is 54.4. The Hall–Kier alpha value is -3.21. The molecular formula is C22H18ClF3N4O3. The molecule has 7 nitrogen and oxygen atoms in total. The fourth-order valence-corrected chi connectivity index (χ4v) is 3.54. The summed E-state index contributed by atoms with van der Waals surface area (Å²) in [4.78, 5) is 3.82. The van der Waals surface area contributed by atoms with Gasteiger partial charge < -0.3 is 14.4 Å². The van der Waals surface area contributed by atoms with E-state index in [1.807, 2.05) is 0 Å². The van der Waals surface area contributed by atoms with E-state index in [1.54, 1.807) is 0 Å².